The Hall–Kier alpha value is -2.67. The van der Waals surface area contributed by atoms with E-state index in [1.807, 2.05) is 42.6 Å². The van der Waals surface area contributed by atoms with Gasteiger partial charge in [0.25, 0.3) is 5.91 Å². The van der Waals surface area contributed by atoms with Crippen molar-refractivity contribution < 1.29 is 18.8 Å². The molecule has 124 valence electrons. The number of benzene rings is 1. The maximum atomic E-state index is 11.9. The Kier molecular flexibility index (Phi) is 4.90. The number of nitrogens with zero attached hydrogens (tertiary/aromatic N) is 1. The molecule has 0 aliphatic heterocycles. The van der Waals surface area contributed by atoms with Gasteiger partial charge in [-0.25, -0.2) is 0 Å². The minimum absolute atomic E-state index is 0.0369. The van der Waals surface area contributed by atoms with Crippen molar-refractivity contribution in [2.45, 2.75) is 19.4 Å². The molecular weight excluding hydrogens is 328 g/mol. The molecule has 1 N–H and O–H groups in total. The van der Waals surface area contributed by atoms with E-state index in [1.54, 1.807) is 17.4 Å². The van der Waals surface area contributed by atoms with Crippen molar-refractivity contribution in [3.8, 4) is 0 Å². The van der Waals surface area contributed by atoms with E-state index in [0.29, 0.717) is 11.3 Å². The van der Waals surface area contributed by atoms with Crippen LogP contribution in [0, 0.1) is 0 Å². The molecule has 0 aliphatic carbocycles. The zero-order valence-electron chi connectivity index (χ0n) is 13.0. The number of para-hydroxylation sites is 1. The summed E-state index contributed by atoms with van der Waals surface area (Å²) in [5.74, 6) is -0.859. The zero-order chi connectivity index (χ0) is 16.9. The zero-order valence-corrected chi connectivity index (χ0v) is 13.8. The lowest BCUT2D eigenvalue weighted by Gasteiger charge is -2.12. The predicted octanol–water partition coefficient (Wildman–Crippen LogP) is 2.85. The summed E-state index contributed by atoms with van der Waals surface area (Å²) in [6.45, 7) is 1.57. The first-order chi connectivity index (χ1) is 11.6. The van der Waals surface area contributed by atoms with Gasteiger partial charge in [-0.15, -0.1) is 11.3 Å². The minimum atomic E-state index is -0.520. The number of nitrogens with one attached hydrogen (secondary N) is 1. The van der Waals surface area contributed by atoms with Crippen LogP contribution in [0.3, 0.4) is 0 Å². The second-order valence-corrected chi connectivity index (χ2v) is 6.25. The SMILES string of the molecule is C[C@H](NC(=O)COC(=O)Cc1noc2ccccc12)c1cccs1. The maximum absolute atomic E-state index is 11.9. The molecule has 0 aliphatic rings. The Morgan fingerprint density at radius 2 is 2.12 bits per heavy atom. The number of fused-ring (bicyclic) bond motifs is 1. The number of thiophene rings is 1. The topological polar surface area (TPSA) is 81.4 Å². The number of rotatable bonds is 6. The summed E-state index contributed by atoms with van der Waals surface area (Å²) >= 11 is 1.56. The Labute approximate surface area is 142 Å². The monoisotopic (exact) mass is 344 g/mol. The van der Waals surface area contributed by atoms with Gasteiger partial charge in [-0.3, -0.25) is 9.59 Å². The van der Waals surface area contributed by atoms with Crippen LogP contribution in [0.25, 0.3) is 11.0 Å². The van der Waals surface area contributed by atoms with Gasteiger partial charge in [0, 0.05) is 10.3 Å². The third-order valence-corrected chi connectivity index (χ3v) is 4.53. The third-order valence-electron chi connectivity index (χ3n) is 3.48. The molecule has 3 aromatic rings. The number of aromatic nitrogens is 1. The number of carbonyl (C=O) groups excluding carboxylic acids is 2. The summed E-state index contributed by atoms with van der Waals surface area (Å²) in [4.78, 5) is 24.8. The van der Waals surface area contributed by atoms with Crippen LogP contribution >= 0.6 is 11.3 Å². The number of amides is 1. The fourth-order valence-corrected chi connectivity index (χ4v) is 3.03. The molecule has 7 heteroatoms. The highest BCUT2D eigenvalue weighted by Gasteiger charge is 2.15. The molecule has 3 rings (SSSR count). The Balaban J connectivity index is 1.49. The predicted molar refractivity (Wildman–Crippen MR) is 89.5 cm³/mol. The molecule has 0 radical (unpaired) electrons. The standard InChI is InChI=1S/C17H16N2O4S/c1-11(15-7-4-8-24-15)18-16(20)10-22-17(21)9-13-12-5-2-3-6-14(12)23-19-13/h2-8,11H,9-10H2,1H3,(H,18,20)/t11-/m0/s1. The summed E-state index contributed by atoms with van der Waals surface area (Å²) in [6.07, 6.45) is -0.0369. The molecule has 2 heterocycles. The van der Waals surface area contributed by atoms with Gasteiger partial charge in [-0.1, -0.05) is 23.4 Å². The van der Waals surface area contributed by atoms with Crippen LogP contribution in [0.1, 0.15) is 23.5 Å². The van der Waals surface area contributed by atoms with E-state index in [1.165, 1.54) is 0 Å². The van der Waals surface area contributed by atoms with Crippen LogP contribution < -0.4 is 5.32 Å². The van der Waals surface area contributed by atoms with E-state index in [0.717, 1.165) is 10.3 Å². The second-order valence-electron chi connectivity index (χ2n) is 5.27. The average molecular weight is 344 g/mol. The van der Waals surface area contributed by atoms with Crippen molar-refractivity contribution in [1.29, 1.82) is 0 Å². The number of hydrogen-bond donors (Lipinski definition) is 1. The summed E-state index contributed by atoms with van der Waals surface area (Å²) in [5.41, 5.74) is 1.12. The molecule has 0 unspecified atom stereocenters. The highest BCUT2D eigenvalue weighted by atomic mass is 32.1. The van der Waals surface area contributed by atoms with E-state index in [4.69, 9.17) is 9.26 Å². The molecule has 0 saturated heterocycles. The smallest absolute Gasteiger partial charge is 0.312 e. The summed E-state index contributed by atoms with van der Waals surface area (Å²) < 4.78 is 10.1. The van der Waals surface area contributed by atoms with Crippen molar-refractivity contribution in [3.05, 3.63) is 52.3 Å². The second kappa shape index (κ2) is 7.27. The van der Waals surface area contributed by atoms with Crippen LogP contribution in [-0.4, -0.2) is 23.6 Å². The fourth-order valence-electron chi connectivity index (χ4n) is 2.29. The van der Waals surface area contributed by atoms with Gasteiger partial charge in [0.15, 0.2) is 12.2 Å². The first-order valence-corrected chi connectivity index (χ1v) is 8.33. The van der Waals surface area contributed by atoms with Gasteiger partial charge in [0.2, 0.25) is 0 Å². The molecule has 0 spiro atoms. The molecule has 6 nitrogen and oxygen atoms in total. The van der Waals surface area contributed by atoms with Crippen molar-refractivity contribution in [1.82, 2.24) is 10.5 Å². The summed E-state index contributed by atoms with van der Waals surface area (Å²) in [5, 5.41) is 9.37. The number of ether oxygens (including phenoxy) is 1. The number of esters is 1. The normalized spacial score (nSPS) is 12.0. The third kappa shape index (κ3) is 3.80. The van der Waals surface area contributed by atoms with E-state index in [-0.39, 0.29) is 25.0 Å². The number of carbonyl (C=O) groups is 2. The Morgan fingerprint density at radius 1 is 1.29 bits per heavy atom. The van der Waals surface area contributed by atoms with Crippen molar-refractivity contribution in [3.63, 3.8) is 0 Å². The number of hydrogen-bond acceptors (Lipinski definition) is 6. The van der Waals surface area contributed by atoms with Gasteiger partial charge in [-0.05, 0) is 30.5 Å². The maximum Gasteiger partial charge on any atom is 0.312 e. The van der Waals surface area contributed by atoms with Gasteiger partial charge >= 0.3 is 5.97 Å². The van der Waals surface area contributed by atoms with Crippen LogP contribution in [0.2, 0.25) is 0 Å². The van der Waals surface area contributed by atoms with Gasteiger partial charge < -0.3 is 14.6 Å². The summed E-state index contributed by atoms with van der Waals surface area (Å²) in [6, 6.07) is 11.0. The molecule has 0 bridgehead atoms. The van der Waals surface area contributed by atoms with Gasteiger partial charge in [0.05, 0.1) is 12.5 Å². The lowest BCUT2D eigenvalue weighted by molar-refractivity contribution is -0.148. The van der Waals surface area contributed by atoms with Gasteiger partial charge in [0.1, 0.15) is 5.69 Å². The highest BCUT2D eigenvalue weighted by molar-refractivity contribution is 7.10. The first kappa shape index (κ1) is 16.2. The van der Waals surface area contributed by atoms with Crippen LogP contribution in [-0.2, 0) is 20.7 Å². The van der Waals surface area contributed by atoms with E-state index in [9.17, 15) is 9.59 Å². The van der Waals surface area contributed by atoms with E-state index >= 15 is 0 Å². The van der Waals surface area contributed by atoms with Crippen molar-refractivity contribution in [2.75, 3.05) is 6.61 Å². The molecule has 1 amide bonds. The molecule has 0 saturated carbocycles. The Bertz CT molecular complexity index is 841. The van der Waals surface area contributed by atoms with Gasteiger partial charge in [-0.2, -0.15) is 0 Å². The van der Waals surface area contributed by atoms with Crippen LogP contribution in [0.15, 0.2) is 46.3 Å². The molecule has 0 fully saturated rings. The van der Waals surface area contributed by atoms with Crippen molar-refractivity contribution in [2.24, 2.45) is 0 Å². The largest absolute Gasteiger partial charge is 0.455 e. The molecular formula is C17H16N2O4S. The highest BCUT2D eigenvalue weighted by Crippen LogP contribution is 2.19. The quantitative estimate of drug-likeness (QED) is 0.695. The minimum Gasteiger partial charge on any atom is -0.455 e. The molecule has 1 aromatic carbocycles. The molecule has 24 heavy (non-hydrogen) atoms. The lowest BCUT2D eigenvalue weighted by atomic mass is 10.2. The fraction of sp³-hybridized carbons (Fsp3) is 0.235. The van der Waals surface area contributed by atoms with E-state index < -0.39 is 5.97 Å². The molecule has 2 aromatic heterocycles. The Morgan fingerprint density at radius 3 is 2.92 bits per heavy atom. The average Bonchev–Trinajstić information content (AvgIpc) is 3.23. The first-order valence-electron chi connectivity index (χ1n) is 7.45. The van der Waals surface area contributed by atoms with Crippen LogP contribution in [0.4, 0.5) is 0 Å². The van der Waals surface area contributed by atoms with Crippen molar-refractivity contribution >= 4 is 34.2 Å². The summed E-state index contributed by atoms with van der Waals surface area (Å²) in [7, 11) is 0. The van der Waals surface area contributed by atoms with E-state index in [2.05, 4.69) is 10.5 Å². The van der Waals surface area contributed by atoms with Crippen LogP contribution in [0.5, 0.6) is 0 Å². The molecule has 1 atom stereocenters. The lowest BCUT2D eigenvalue weighted by Crippen LogP contribution is -2.31.